The number of hydrogen-bond donors (Lipinski definition) is 3. The van der Waals surface area contributed by atoms with Gasteiger partial charge in [0.1, 0.15) is 5.00 Å². The molecule has 1 aromatic heterocycles. The summed E-state index contributed by atoms with van der Waals surface area (Å²) >= 11 is 1.24. The largest absolute Gasteiger partial charge is 0.355 e. The summed E-state index contributed by atoms with van der Waals surface area (Å²) in [7, 11) is -2.20. The van der Waals surface area contributed by atoms with Crippen LogP contribution in [0.3, 0.4) is 0 Å². The van der Waals surface area contributed by atoms with E-state index in [1.165, 1.54) is 54.8 Å². The minimum atomic E-state index is -3.72. The van der Waals surface area contributed by atoms with Gasteiger partial charge in [-0.1, -0.05) is 17.7 Å². The molecule has 0 aliphatic carbocycles. The summed E-state index contributed by atoms with van der Waals surface area (Å²) in [6.45, 7) is 1.88. The number of thiophene rings is 1. The second kappa shape index (κ2) is 8.46. The molecule has 0 atom stereocenters. The van der Waals surface area contributed by atoms with Gasteiger partial charge in [0, 0.05) is 18.3 Å². The molecule has 3 N–H and O–H groups in total. The van der Waals surface area contributed by atoms with Gasteiger partial charge in [-0.15, -0.1) is 11.3 Å². The van der Waals surface area contributed by atoms with Crippen LogP contribution in [-0.2, 0) is 10.0 Å². The summed E-state index contributed by atoms with van der Waals surface area (Å²) in [6, 6.07) is 14.2. The number of carbonyl (C=O) groups excluding carboxylic acids is 2. The van der Waals surface area contributed by atoms with Crippen molar-refractivity contribution in [3.8, 4) is 0 Å². The van der Waals surface area contributed by atoms with Crippen molar-refractivity contribution in [3.63, 3.8) is 0 Å². The Morgan fingerprint density at radius 3 is 2.17 bits per heavy atom. The lowest BCUT2D eigenvalue weighted by atomic mass is 10.2. The second-order valence-electron chi connectivity index (χ2n) is 6.19. The maximum atomic E-state index is 12.5. The molecule has 1 heterocycles. The Balaban J connectivity index is 1.71. The predicted octanol–water partition coefficient (Wildman–Crippen LogP) is 3.47. The summed E-state index contributed by atoms with van der Waals surface area (Å²) in [6.07, 6.45) is 0. The molecule has 0 aliphatic rings. The number of nitrogens with one attached hydrogen (secondary N) is 3. The van der Waals surface area contributed by atoms with Crippen molar-refractivity contribution in [2.45, 2.75) is 11.8 Å². The maximum Gasteiger partial charge on any atom is 0.261 e. The zero-order valence-corrected chi connectivity index (χ0v) is 17.4. The second-order valence-corrected chi connectivity index (χ2v) is 8.79. The average Bonchev–Trinajstić information content (AvgIpc) is 3.16. The number of amides is 2. The monoisotopic (exact) mass is 429 g/mol. The number of anilines is 2. The molecule has 150 valence electrons. The van der Waals surface area contributed by atoms with Crippen molar-refractivity contribution in [1.82, 2.24) is 5.32 Å². The van der Waals surface area contributed by atoms with E-state index in [4.69, 9.17) is 0 Å². The molecule has 2 aromatic carbocycles. The summed E-state index contributed by atoms with van der Waals surface area (Å²) < 4.78 is 27.4. The molecule has 0 bridgehead atoms. The third kappa shape index (κ3) is 4.82. The van der Waals surface area contributed by atoms with E-state index in [0.717, 1.165) is 5.56 Å². The molecule has 0 aliphatic heterocycles. The van der Waals surface area contributed by atoms with Crippen molar-refractivity contribution in [2.24, 2.45) is 0 Å². The van der Waals surface area contributed by atoms with E-state index in [1.807, 2.05) is 6.92 Å². The van der Waals surface area contributed by atoms with Crippen molar-refractivity contribution in [2.75, 3.05) is 17.1 Å². The molecular weight excluding hydrogens is 410 g/mol. The molecule has 0 spiro atoms. The lowest BCUT2D eigenvalue weighted by molar-refractivity contribution is 0.0964. The topological polar surface area (TPSA) is 104 Å². The number of carbonyl (C=O) groups is 2. The number of hydrogen-bond acceptors (Lipinski definition) is 5. The summed E-state index contributed by atoms with van der Waals surface area (Å²) in [5, 5.41) is 7.37. The quantitative estimate of drug-likeness (QED) is 0.558. The third-order valence-electron chi connectivity index (χ3n) is 4.09. The van der Waals surface area contributed by atoms with E-state index in [0.29, 0.717) is 21.8 Å². The molecular formula is C20H19N3O4S2. The summed E-state index contributed by atoms with van der Waals surface area (Å²) in [4.78, 5) is 24.4. The minimum Gasteiger partial charge on any atom is -0.355 e. The van der Waals surface area contributed by atoms with E-state index in [1.54, 1.807) is 23.6 Å². The highest BCUT2D eigenvalue weighted by atomic mass is 32.2. The maximum absolute atomic E-state index is 12.5. The SMILES string of the molecule is CNC(=O)c1ccsc1NC(=O)c1ccc(NS(=O)(=O)c2ccc(C)cc2)cc1. The Kier molecular flexibility index (Phi) is 6.00. The molecule has 0 saturated heterocycles. The van der Waals surface area contributed by atoms with Crippen molar-refractivity contribution in [1.29, 1.82) is 0 Å². The Morgan fingerprint density at radius 2 is 1.55 bits per heavy atom. The van der Waals surface area contributed by atoms with E-state index >= 15 is 0 Å². The van der Waals surface area contributed by atoms with Gasteiger partial charge in [-0.05, 0) is 54.8 Å². The zero-order valence-electron chi connectivity index (χ0n) is 15.7. The molecule has 9 heteroatoms. The number of aryl methyl sites for hydroxylation is 1. The van der Waals surface area contributed by atoms with Crippen LogP contribution in [0.2, 0.25) is 0 Å². The van der Waals surface area contributed by atoms with Gasteiger partial charge in [0.15, 0.2) is 0 Å². The van der Waals surface area contributed by atoms with Crippen LogP contribution in [0.15, 0.2) is 64.9 Å². The Labute approximate surface area is 172 Å². The van der Waals surface area contributed by atoms with Gasteiger partial charge in [-0.25, -0.2) is 8.42 Å². The van der Waals surface area contributed by atoms with Crippen molar-refractivity contribution < 1.29 is 18.0 Å². The van der Waals surface area contributed by atoms with Crippen LogP contribution in [0.1, 0.15) is 26.3 Å². The first-order valence-electron chi connectivity index (χ1n) is 8.60. The van der Waals surface area contributed by atoms with E-state index in [2.05, 4.69) is 15.4 Å². The highest BCUT2D eigenvalue weighted by molar-refractivity contribution is 7.92. The molecule has 0 fully saturated rings. The van der Waals surface area contributed by atoms with E-state index < -0.39 is 15.9 Å². The van der Waals surface area contributed by atoms with Crippen LogP contribution >= 0.6 is 11.3 Å². The molecule has 7 nitrogen and oxygen atoms in total. The number of rotatable bonds is 6. The molecule has 0 saturated carbocycles. The van der Waals surface area contributed by atoms with Crippen LogP contribution in [0.4, 0.5) is 10.7 Å². The fourth-order valence-electron chi connectivity index (χ4n) is 2.52. The van der Waals surface area contributed by atoms with Crippen molar-refractivity contribution in [3.05, 3.63) is 76.7 Å². The van der Waals surface area contributed by atoms with Gasteiger partial charge in [0.05, 0.1) is 10.5 Å². The van der Waals surface area contributed by atoms with Gasteiger partial charge < -0.3 is 10.6 Å². The number of sulfonamides is 1. The van der Waals surface area contributed by atoms with Gasteiger partial charge in [-0.3, -0.25) is 14.3 Å². The predicted molar refractivity (Wildman–Crippen MR) is 114 cm³/mol. The van der Waals surface area contributed by atoms with Gasteiger partial charge >= 0.3 is 0 Å². The Hall–Kier alpha value is -3.17. The van der Waals surface area contributed by atoms with Crippen LogP contribution < -0.4 is 15.4 Å². The van der Waals surface area contributed by atoms with Gasteiger partial charge in [0.25, 0.3) is 21.8 Å². The first kappa shape index (κ1) is 20.6. The molecule has 3 rings (SSSR count). The normalized spacial score (nSPS) is 11.0. The average molecular weight is 430 g/mol. The van der Waals surface area contributed by atoms with E-state index in [-0.39, 0.29) is 10.8 Å². The Morgan fingerprint density at radius 1 is 0.897 bits per heavy atom. The fraction of sp³-hybridized carbons (Fsp3) is 0.100. The van der Waals surface area contributed by atoms with Crippen LogP contribution in [0.25, 0.3) is 0 Å². The molecule has 3 aromatic rings. The van der Waals surface area contributed by atoms with Gasteiger partial charge in [0.2, 0.25) is 0 Å². The highest BCUT2D eigenvalue weighted by Crippen LogP contribution is 2.24. The zero-order chi connectivity index (χ0) is 21.0. The molecule has 29 heavy (non-hydrogen) atoms. The van der Waals surface area contributed by atoms with Crippen LogP contribution in [0.5, 0.6) is 0 Å². The standard InChI is InChI=1S/C20H19N3O4S2/c1-13-3-9-16(10-4-13)29(26,27)23-15-7-5-14(6-8-15)18(24)22-20-17(11-12-28-20)19(25)21-2/h3-12,23H,1-2H3,(H,21,25)(H,22,24). The van der Waals surface area contributed by atoms with E-state index in [9.17, 15) is 18.0 Å². The summed E-state index contributed by atoms with van der Waals surface area (Å²) in [5.74, 6) is -0.687. The van der Waals surface area contributed by atoms with Crippen molar-refractivity contribution >= 4 is 43.9 Å². The Bertz CT molecular complexity index is 1140. The highest BCUT2D eigenvalue weighted by Gasteiger charge is 2.16. The smallest absolute Gasteiger partial charge is 0.261 e. The molecule has 0 radical (unpaired) electrons. The molecule has 0 unspecified atom stereocenters. The first-order chi connectivity index (χ1) is 13.8. The first-order valence-corrected chi connectivity index (χ1v) is 11.0. The van der Waals surface area contributed by atoms with Crippen LogP contribution in [0, 0.1) is 6.92 Å². The summed E-state index contributed by atoms with van der Waals surface area (Å²) in [5.41, 5.74) is 2.02. The fourth-order valence-corrected chi connectivity index (χ4v) is 4.35. The molecule has 2 amide bonds. The van der Waals surface area contributed by atoms with Gasteiger partial charge in [-0.2, -0.15) is 0 Å². The lowest BCUT2D eigenvalue weighted by Crippen LogP contribution is -2.20. The number of benzene rings is 2. The lowest BCUT2D eigenvalue weighted by Gasteiger charge is -2.10. The third-order valence-corrected chi connectivity index (χ3v) is 6.32. The minimum absolute atomic E-state index is 0.157. The van der Waals surface area contributed by atoms with Crippen LogP contribution in [-0.4, -0.2) is 27.3 Å².